The highest BCUT2D eigenvalue weighted by molar-refractivity contribution is 9.10. The van der Waals surface area contributed by atoms with Gasteiger partial charge in [-0.15, -0.1) is 0 Å². The van der Waals surface area contributed by atoms with Gasteiger partial charge >= 0.3 is 5.97 Å². The predicted molar refractivity (Wildman–Crippen MR) is 83.1 cm³/mol. The number of likely N-dealkylation sites (tertiary alicyclic amines) is 1. The number of carbonyl (C=O) groups is 1. The van der Waals surface area contributed by atoms with E-state index in [-0.39, 0.29) is 12.0 Å². The third-order valence-electron chi connectivity index (χ3n) is 4.35. The number of halogens is 1. The molecule has 1 aliphatic heterocycles. The number of fused-ring (bicyclic) bond motifs is 1. The van der Waals surface area contributed by atoms with Gasteiger partial charge in [0, 0.05) is 23.3 Å². The number of piperidine rings is 1. The van der Waals surface area contributed by atoms with Gasteiger partial charge in [0.05, 0.1) is 17.8 Å². The zero-order chi connectivity index (χ0) is 15.0. The van der Waals surface area contributed by atoms with E-state index in [2.05, 4.69) is 30.2 Å². The summed E-state index contributed by atoms with van der Waals surface area (Å²) in [4.78, 5) is 18.0. The van der Waals surface area contributed by atoms with E-state index in [4.69, 9.17) is 0 Å². The first kappa shape index (κ1) is 14.5. The molecule has 0 saturated carbocycles. The Morgan fingerprint density at radius 2 is 2.33 bits per heavy atom. The zero-order valence-corrected chi connectivity index (χ0v) is 13.5. The normalized spacial score (nSPS) is 23.5. The molecule has 0 radical (unpaired) electrons. The second-order valence-electron chi connectivity index (χ2n) is 5.62. The fourth-order valence-electron chi connectivity index (χ4n) is 3.10. The summed E-state index contributed by atoms with van der Waals surface area (Å²) < 4.78 is 3.06. The third kappa shape index (κ3) is 2.82. The Morgan fingerprint density at radius 1 is 1.52 bits per heavy atom. The molecule has 1 aliphatic rings. The number of nitrogens with zero attached hydrogens (tertiary/aromatic N) is 3. The average Bonchev–Trinajstić information content (AvgIpc) is 2.83. The number of aliphatic carboxylic acids is 1. The molecule has 5 nitrogen and oxygen atoms in total. The number of carboxylic acids is 1. The van der Waals surface area contributed by atoms with Crippen LogP contribution in [0.15, 0.2) is 29.0 Å². The van der Waals surface area contributed by atoms with Gasteiger partial charge in [-0.2, -0.15) is 0 Å². The molecule has 21 heavy (non-hydrogen) atoms. The van der Waals surface area contributed by atoms with Gasteiger partial charge in [-0.05, 0) is 54.4 Å². The molecule has 0 aromatic carbocycles. The van der Waals surface area contributed by atoms with Crippen LogP contribution in [0.5, 0.6) is 0 Å². The van der Waals surface area contributed by atoms with Gasteiger partial charge in [-0.3, -0.25) is 9.69 Å². The van der Waals surface area contributed by atoms with Gasteiger partial charge in [0.2, 0.25) is 0 Å². The summed E-state index contributed by atoms with van der Waals surface area (Å²) in [5.74, 6) is -0.960. The molecule has 0 bridgehead atoms. The van der Waals surface area contributed by atoms with Gasteiger partial charge in [0.15, 0.2) is 0 Å². The number of rotatable bonds is 3. The number of imidazole rings is 1. The van der Waals surface area contributed by atoms with Crippen LogP contribution in [0.4, 0.5) is 0 Å². The van der Waals surface area contributed by atoms with Crippen LogP contribution in [0.3, 0.4) is 0 Å². The van der Waals surface area contributed by atoms with Gasteiger partial charge < -0.3 is 9.51 Å². The van der Waals surface area contributed by atoms with Gasteiger partial charge in [-0.25, -0.2) is 4.98 Å². The van der Waals surface area contributed by atoms with E-state index >= 15 is 0 Å². The first-order valence-electron chi connectivity index (χ1n) is 7.14. The Hall–Kier alpha value is -1.40. The lowest BCUT2D eigenvalue weighted by Gasteiger charge is -2.37. The monoisotopic (exact) mass is 351 g/mol. The standard InChI is InChI=1S/C15H18BrN3O2/c1-10-13(15(20)21)3-2-6-18(10)9-12-7-17-14-5-4-11(16)8-19(12)14/h4-5,7-8,10,13H,2-3,6,9H2,1H3,(H,20,21)/t10-,13-/m1/s1. The average molecular weight is 352 g/mol. The predicted octanol–water partition coefficient (Wildman–Crippen LogP) is 2.78. The first-order chi connectivity index (χ1) is 10.1. The first-order valence-corrected chi connectivity index (χ1v) is 7.94. The molecule has 2 atom stereocenters. The Balaban J connectivity index is 1.84. The van der Waals surface area contributed by atoms with E-state index in [0.717, 1.165) is 41.7 Å². The van der Waals surface area contributed by atoms with Crippen molar-refractivity contribution in [2.24, 2.45) is 5.92 Å². The molecule has 0 unspecified atom stereocenters. The zero-order valence-electron chi connectivity index (χ0n) is 11.9. The summed E-state index contributed by atoms with van der Waals surface area (Å²) in [6.07, 6.45) is 5.58. The Morgan fingerprint density at radius 3 is 3.10 bits per heavy atom. The molecule has 112 valence electrons. The molecule has 6 heteroatoms. The van der Waals surface area contributed by atoms with Crippen LogP contribution in [-0.4, -0.2) is 37.9 Å². The largest absolute Gasteiger partial charge is 0.481 e. The smallest absolute Gasteiger partial charge is 0.308 e. The lowest BCUT2D eigenvalue weighted by molar-refractivity contribution is -0.145. The molecule has 0 amide bonds. The van der Waals surface area contributed by atoms with Crippen LogP contribution in [0.1, 0.15) is 25.5 Å². The van der Waals surface area contributed by atoms with Crippen LogP contribution in [0.2, 0.25) is 0 Å². The van der Waals surface area contributed by atoms with Crippen molar-refractivity contribution in [2.75, 3.05) is 6.54 Å². The van der Waals surface area contributed by atoms with Gasteiger partial charge in [-0.1, -0.05) is 0 Å². The van der Waals surface area contributed by atoms with E-state index in [9.17, 15) is 9.90 Å². The molecule has 2 aromatic heterocycles. The summed E-state index contributed by atoms with van der Waals surface area (Å²) in [6, 6.07) is 3.98. The fourth-order valence-corrected chi connectivity index (χ4v) is 3.43. The molecule has 1 N–H and O–H groups in total. The lowest BCUT2D eigenvalue weighted by atomic mass is 9.90. The lowest BCUT2D eigenvalue weighted by Crippen LogP contribution is -2.45. The van der Waals surface area contributed by atoms with E-state index in [0.29, 0.717) is 0 Å². The summed E-state index contributed by atoms with van der Waals surface area (Å²) >= 11 is 3.48. The highest BCUT2D eigenvalue weighted by Gasteiger charge is 2.33. The minimum atomic E-state index is -0.687. The van der Waals surface area contributed by atoms with Crippen molar-refractivity contribution >= 4 is 27.5 Å². The SMILES string of the molecule is C[C@@H]1[C@H](C(=O)O)CCCN1Cc1cnc2ccc(Br)cn12. The quantitative estimate of drug-likeness (QED) is 0.923. The maximum absolute atomic E-state index is 11.3. The van der Waals surface area contributed by atoms with Gasteiger partial charge in [0.1, 0.15) is 5.65 Å². The Bertz CT molecular complexity index is 670. The van der Waals surface area contributed by atoms with E-state index in [1.54, 1.807) is 0 Å². The van der Waals surface area contributed by atoms with Crippen LogP contribution in [-0.2, 0) is 11.3 Å². The van der Waals surface area contributed by atoms with Gasteiger partial charge in [0.25, 0.3) is 0 Å². The minimum absolute atomic E-state index is 0.0500. The number of hydrogen-bond donors (Lipinski definition) is 1. The second-order valence-corrected chi connectivity index (χ2v) is 6.54. The third-order valence-corrected chi connectivity index (χ3v) is 4.82. The minimum Gasteiger partial charge on any atom is -0.481 e. The molecule has 0 spiro atoms. The van der Waals surface area contributed by atoms with Crippen molar-refractivity contribution in [3.8, 4) is 0 Å². The Labute approximate surface area is 131 Å². The van der Waals surface area contributed by atoms with E-state index in [1.807, 2.05) is 31.5 Å². The number of hydrogen-bond acceptors (Lipinski definition) is 3. The molecule has 2 aromatic rings. The topological polar surface area (TPSA) is 57.8 Å². The van der Waals surface area contributed by atoms with E-state index < -0.39 is 5.97 Å². The van der Waals surface area contributed by atoms with Crippen molar-refractivity contribution < 1.29 is 9.90 Å². The van der Waals surface area contributed by atoms with Crippen molar-refractivity contribution in [3.05, 3.63) is 34.7 Å². The number of aromatic nitrogens is 2. The van der Waals surface area contributed by atoms with Crippen LogP contribution >= 0.6 is 15.9 Å². The maximum Gasteiger partial charge on any atom is 0.308 e. The summed E-state index contributed by atoms with van der Waals surface area (Å²) in [5.41, 5.74) is 2.00. The highest BCUT2D eigenvalue weighted by Crippen LogP contribution is 2.25. The van der Waals surface area contributed by atoms with Crippen molar-refractivity contribution in [1.82, 2.24) is 14.3 Å². The Kier molecular flexibility index (Phi) is 3.99. The summed E-state index contributed by atoms with van der Waals surface area (Å²) in [7, 11) is 0. The molecular weight excluding hydrogens is 334 g/mol. The molecule has 0 aliphatic carbocycles. The maximum atomic E-state index is 11.3. The molecular formula is C15H18BrN3O2. The van der Waals surface area contributed by atoms with Crippen molar-refractivity contribution in [2.45, 2.75) is 32.4 Å². The molecule has 3 heterocycles. The molecule has 1 saturated heterocycles. The van der Waals surface area contributed by atoms with Crippen LogP contribution in [0, 0.1) is 5.92 Å². The van der Waals surface area contributed by atoms with E-state index in [1.165, 1.54) is 0 Å². The summed E-state index contributed by atoms with van der Waals surface area (Å²) in [6.45, 7) is 3.67. The number of carboxylic acid groups (broad SMARTS) is 1. The van der Waals surface area contributed by atoms with Crippen molar-refractivity contribution in [3.63, 3.8) is 0 Å². The second kappa shape index (κ2) is 5.77. The fraction of sp³-hybridized carbons (Fsp3) is 0.467. The number of pyridine rings is 1. The molecule has 1 fully saturated rings. The highest BCUT2D eigenvalue weighted by atomic mass is 79.9. The van der Waals surface area contributed by atoms with Crippen LogP contribution < -0.4 is 0 Å². The molecule has 3 rings (SSSR count). The summed E-state index contributed by atoms with van der Waals surface area (Å²) in [5, 5.41) is 9.31. The van der Waals surface area contributed by atoms with Crippen LogP contribution in [0.25, 0.3) is 5.65 Å². The van der Waals surface area contributed by atoms with Crippen molar-refractivity contribution in [1.29, 1.82) is 0 Å².